The maximum absolute atomic E-state index is 10.5. The number of nitrogens with zero attached hydrogens (tertiary/aromatic N) is 1. The van der Waals surface area contributed by atoms with Gasteiger partial charge in [0.15, 0.2) is 0 Å². The van der Waals surface area contributed by atoms with Crippen molar-refractivity contribution in [3.63, 3.8) is 0 Å². The summed E-state index contributed by atoms with van der Waals surface area (Å²) in [6, 6.07) is 0. The molecule has 0 aromatic rings. The Morgan fingerprint density at radius 1 is 0.400 bits per heavy atom. The van der Waals surface area contributed by atoms with E-state index >= 15 is 0 Å². The van der Waals surface area contributed by atoms with Crippen LogP contribution in [0.4, 0.5) is 0 Å². The van der Waals surface area contributed by atoms with Gasteiger partial charge in [-0.25, -0.2) is 4.57 Å². The first-order chi connectivity index (χ1) is 21.6. The molecule has 0 aliphatic carbocycles. The topological polar surface area (TPSA) is 66.8 Å². The second-order valence-electron chi connectivity index (χ2n) is 14.9. The number of hydrogen-bond donors (Lipinski definition) is 2. The van der Waals surface area contributed by atoms with Gasteiger partial charge in [0, 0.05) is 0 Å². The van der Waals surface area contributed by atoms with Crippen LogP contribution in [0.1, 0.15) is 219 Å². The summed E-state index contributed by atoms with van der Waals surface area (Å²) in [6.45, 7) is 6.06. The number of quaternary nitrogens is 1. The number of phosphoric ester groups is 1. The van der Waals surface area contributed by atoms with Crippen LogP contribution in [0, 0.1) is 0 Å². The molecule has 2 N–H and O–H groups in total. The lowest BCUT2D eigenvalue weighted by Gasteiger charge is -2.23. The van der Waals surface area contributed by atoms with Gasteiger partial charge in [0.2, 0.25) is 0 Å². The molecular formula is C39H85NO4P+. The first-order valence-corrected chi connectivity index (χ1v) is 21.7. The third kappa shape index (κ3) is 51.1. The van der Waals surface area contributed by atoms with E-state index in [2.05, 4.69) is 39.5 Å². The van der Waals surface area contributed by atoms with Gasteiger partial charge in [0.1, 0.15) is 0 Å². The van der Waals surface area contributed by atoms with E-state index in [1.807, 2.05) is 0 Å². The van der Waals surface area contributed by atoms with Crippen LogP contribution in [0.25, 0.3) is 0 Å². The third-order valence-electron chi connectivity index (χ3n) is 8.94. The summed E-state index contributed by atoms with van der Waals surface area (Å²) in [5.74, 6) is 0. The van der Waals surface area contributed by atoms with Crippen molar-refractivity contribution in [3.05, 3.63) is 0 Å². The molecule has 0 aliphatic heterocycles. The molecule has 0 aromatic carbocycles. The summed E-state index contributed by atoms with van der Waals surface area (Å²) in [5.41, 5.74) is 0. The molecule has 0 atom stereocenters. The van der Waals surface area contributed by atoms with Gasteiger partial charge < -0.3 is 14.3 Å². The molecule has 0 saturated heterocycles. The van der Waals surface area contributed by atoms with Gasteiger partial charge in [-0.3, -0.25) is 4.52 Å². The fourth-order valence-corrected chi connectivity index (χ4v) is 6.33. The Hall–Kier alpha value is 0.0700. The average molecular weight is 663 g/mol. The maximum Gasteiger partial charge on any atom is 0.469 e. The molecule has 0 rings (SSSR count). The lowest BCUT2D eigenvalue weighted by Crippen LogP contribution is -2.35. The Labute approximate surface area is 284 Å². The molecule has 0 spiro atoms. The van der Waals surface area contributed by atoms with Crippen LogP contribution in [0.15, 0.2) is 0 Å². The third-order valence-corrected chi connectivity index (χ3v) is 9.46. The van der Waals surface area contributed by atoms with Crippen molar-refractivity contribution >= 4 is 7.82 Å². The summed E-state index contributed by atoms with van der Waals surface area (Å²) in [6.07, 6.45) is 44.0. The van der Waals surface area contributed by atoms with E-state index in [0.29, 0.717) is 0 Å². The minimum absolute atomic E-state index is 0.169. The molecule has 0 bridgehead atoms. The summed E-state index contributed by atoms with van der Waals surface area (Å²) in [4.78, 5) is 17.1. The zero-order chi connectivity index (χ0) is 33.7. The Morgan fingerprint density at radius 2 is 0.622 bits per heavy atom. The maximum atomic E-state index is 10.5. The molecule has 0 radical (unpaired) electrons. The highest BCUT2D eigenvalue weighted by Crippen LogP contribution is 2.35. The number of phosphoric acid groups is 1. The van der Waals surface area contributed by atoms with Gasteiger partial charge >= 0.3 is 7.82 Å². The van der Waals surface area contributed by atoms with E-state index in [0.717, 1.165) is 23.7 Å². The minimum Gasteiger partial charge on any atom is -0.331 e. The van der Waals surface area contributed by atoms with Crippen LogP contribution in [-0.2, 0) is 9.09 Å². The SMILES string of the molecule is CCCCCCCCCCCCCCCCCCOP(=O)(O)O.CCCCCCCCCCCCCCCCCC[N+](C)(C)C. The van der Waals surface area contributed by atoms with Crippen molar-refractivity contribution in [3.8, 4) is 0 Å². The Kier molecular flexibility index (Phi) is 38.7. The van der Waals surface area contributed by atoms with Gasteiger partial charge in [0.05, 0.1) is 34.3 Å². The van der Waals surface area contributed by atoms with E-state index in [1.54, 1.807) is 0 Å². The molecule has 0 fully saturated rings. The van der Waals surface area contributed by atoms with Gasteiger partial charge in [-0.2, -0.15) is 0 Å². The number of hydrogen-bond acceptors (Lipinski definition) is 2. The monoisotopic (exact) mass is 663 g/mol. The number of unbranched alkanes of at least 4 members (excludes halogenated alkanes) is 30. The summed E-state index contributed by atoms with van der Waals surface area (Å²) in [5, 5.41) is 0. The van der Waals surface area contributed by atoms with E-state index in [9.17, 15) is 4.57 Å². The van der Waals surface area contributed by atoms with E-state index < -0.39 is 7.82 Å². The first kappa shape index (κ1) is 47.2. The highest BCUT2D eigenvalue weighted by molar-refractivity contribution is 7.46. The normalized spacial score (nSPS) is 12.0. The smallest absolute Gasteiger partial charge is 0.331 e. The van der Waals surface area contributed by atoms with Gasteiger partial charge in [-0.1, -0.05) is 200 Å². The van der Waals surface area contributed by atoms with Crippen molar-refractivity contribution in [2.24, 2.45) is 0 Å². The molecule has 0 heterocycles. The van der Waals surface area contributed by atoms with E-state index in [-0.39, 0.29) is 6.61 Å². The van der Waals surface area contributed by atoms with Crippen molar-refractivity contribution in [2.45, 2.75) is 219 Å². The van der Waals surface area contributed by atoms with Gasteiger partial charge in [-0.05, 0) is 19.3 Å². The molecule has 0 amide bonds. The second-order valence-corrected chi connectivity index (χ2v) is 16.2. The van der Waals surface area contributed by atoms with E-state index in [4.69, 9.17) is 9.79 Å². The fraction of sp³-hybridized carbons (Fsp3) is 1.00. The second kappa shape index (κ2) is 36.9. The fourth-order valence-electron chi connectivity index (χ4n) is 5.97. The molecule has 6 heteroatoms. The molecule has 0 unspecified atom stereocenters. The lowest BCUT2D eigenvalue weighted by molar-refractivity contribution is -0.870. The molecule has 5 nitrogen and oxygen atoms in total. The standard InChI is InChI=1S/C21H46N.C18H39O4P/c1-5-6-7-8-9-10-11-12-13-14-15-16-17-18-19-20-21-22(2,3)4;1-2-3-4-5-6-7-8-9-10-11-12-13-14-15-16-17-18-22-23(19,20)21/h5-21H2,1-4H3;2-18H2,1H3,(H2,19,20,21)/q+1;. The first-order valence-electron chi connectivity index (χ1n) is 20.1. The molecule has 0 saturated carbocycles. The van der Waals surface area contributed by atoms with Crippen LogP contribution < -0.4 is 0 Å². The van der Waals surface area contributed by atoms with Crippen LogP contribution in [0.3, 0.4) is 0 Å². The highest BCUT2D eigenvalue weighted by atomic mass is 31.2. The Balaban J connectivity index is 0. The molecule has 45 heavy (non-hydrogen) atoms. The largest absolute Gasteiger partial charge is 0.469 e. The van der Waals surface area contributed by atoms with Crippen molar-refractivity contribution in [2.75, 3.05) is 34.3 Å². The van der Waals surface area contributed by atoms with Crippen LogP contribution >= 0.6 is 7.82 Å². The van der Waals surface area contributed by atoms with Gasteiger partial charge in [0.25, 0.3) is 0 Å². The quantitative estimate of drug-likeness (QED) is 0.0403. The predicted octanol–water partition coefficient (Wildman–Crippen LogP) is 13.3. The van der Waals surface area contributed by atoms with Crippen molar-refractivity contribution in [1.29, 1.82) is 0 Å². The number of rotatable bonds is 35. The van der Waals surface area contributed by atoms with Crippen LogP contribution in [0.2, 0.25) is 0 Å². The lowest BCUT2D eigenvalue weighted by atomic mass is 10.0. The highest BCUT2D eigenvalue weighted by Gasteiger charge is 2.12. The zero-order valence-corrected chi connectivity index (χ0v) is 32.5. The van der Waals surface area contributed by atoms with Crippen molar-refractivity contribution in [1.82, 2.24) is 0 Å². The summed E-state index contributed by atoms with van der Waals surface area (Å²) in [7, 11) is 2.63. The summed E-state index contributed by atoms with van der Waals surface area (Å²) < 4.78 is 16.0. The molecule has 274 valence electrons. The van der Waals surface area contributed by atoms with Gasteiger partial charge in [-0.15, -0.1) is 0 Å². The summed E-state index contributed by atoms with van der Waals surface area (Å²) >= 11 is 0. The van der Waals surface area contributed by atoms with E-state index in [1.165, 1.54) is 193 Å². The minimum atomic E-state index is -4.26. The van der Waals surface area contributed by atoms with Crippen LogP contribution in [0.5, 0.6) is 0 Å². The Morgan fingerprint density at radius 3 is 0.844 bits per heavy atom. The molecule has 0 aromatic heterocycles. The predicted molar refractivity (Wildman–Crippen MR) is 200 cm³/mol. The zero-order valence-electron chi connectivity index (χ0n) is 31.6. The van der Waals surface area contributed by atoms with Crippen molar-refractivity contribution < 1.29 is 23.4 Å². The average Bonchev–Trinajstić information content (AvgIpc) is 2.98. The Bertz CT molecular complexity index is 590. The molecule has 0 aliphatic rings. The van der Waals surface area contributed by atoms with Crippen LogP contribution in [-0.4, -0.2) is 48.6 Å². The molecular weight excluding hydrogens is 577 g/mol.